The zero-order chi connectivity index (χ0) is 15.2. The zero-order valence-corrected chi connectivity index (χ0v) is 12.4. The third kappa shape index (κ3) is 5.84. The Morgan fingerprint density at radius 3 is 2.40 bits per heavy atom. The number of anilines is 1. The lowest BCUT2D eigenvalue weighted by molar-refractivity contribution is -0.125. The second kappa shape index (κ2) is 7.05. The van der Waals surface area contributed by atoms with Gasteiger partial charge in [-0.15, -0.1) is 0 Å². The molecule has 20 heavy (non-hydrogen) atoms. The van der Waals surface area contributed by atoms with Crippen LogP contribution < -0.4 is 10.6 Å². The highest BCUT2D eigenvalue weighted by Gasteiger charge is 2.14. The number of carbonyl (C=O) groups is 2. The number of benzene rings is 1. The van der Waals surface area contributed by atoms with Gasteiger partial charge in [-0.3, -0.25) is 9.59 Å². The van der Waals surface area contributed by atoms with E-state index in [0.717, 1.165) is 5.56 Å². The van der Waals surface area contributed by atoms with Gasteiger partial charge in [0.15, 0.2) is 0 Å². The van der Waals surface area contributed by atoms with Gasteiger partial charge in [-0.05, 0) is 32.4 Å². The average molecular weight is 278 g/mol. The molecule has 1 aromatic carbocycles. The maximum Gasteiger partial charge on any atom is 0.250 e. The van der Waals surface area contributed by atoms with Crippen molar-refractivity contribution < 1.29 is 14.3 Å². The molecule has 0 aliphatic rings. The van der Waals surface area contributed by atoms with E-state index >= 15 is 0 Å². The van der Waals surface area contributed by atoms with Gasteiger partial charge in [0, 0.05) is 12.7 Å². The van der Waals surface area contributed by atoms with Crippen LogP contribution in [-0.4, -0.2) is 31.1 Å². The highest BCUT2D eigenvalue weighted by atomic mass is 16.5. The predicted octanol–water partition coefficient (Wildman–Crippen LogP) is 1.73. The summed E-state index contributed by atoms with van der Waals surface area (Å²) < 4.78 is 5.41. The molecular formula is C15H22N2O3. The molecular weight excluding hydrogens is 256 g/mol. The van der Waals surface area contributed by atoms with Crippen molar-refractivity contribution in [1.82, 2.24) is 5.32 Å². The SMILES string of the molecule is CNC(=O)Cc1ccccc1NC(=O)COC(C)(C)C. The van der Waals surface area contributed by atoms with Crippen molar-refractivity contribution in [3.05, 3.63) is 29.8 Å². The highest BCUT2D eigenvalue weighted by molar-refractivity contribution is 5.93. The van der Waals surface area contributed by atoms with Crippen molar-refractivity contribution >= 4 is 17.5 Å². The molecule has 110 valence electrons. The number of carbonyl (C=O) groups excluding carboxylic acids is 2. The lowest BCUT2D eigenvalue weighted by Gasteiger charge is -2.19. The van der Waals surface area contributed by atoms with E-state index in [0.29, 0.717) is 5.69 Å². The molecule has 0 unspecified atom stereocenters. The number of nitrogens with one attached hydrogen (secondary N) is 2. The Morgan fingerprint density at radius 2 is 1.80 bits per heavy atom. The molecule has 0 aromatic heterocycles. The second-order valence-corrected chi connectivity index (χ2v) is 5.46. The number of hydrogen-bond donors (Lipinski definition) is 2. The summed E-state index contributed by atoms with van der Waals surface area (Å²) in [5, 5.41) is 5.33. The van der Waals surface area contributed by atoms with Crippen LogP contribution in [0.2, 0.25) is 0 Å². The van der Waals surface area contributed by atoms with Crippen LogP contribution in [0, 0.1) is 0 Å². The van der Waals surface area contributed by atoms with Crippen molar-refractivity contribution in [2.45, 2.75) is 32.8 Å². The fourth-order valence-electron chi connectivity index (χ4n) is 1.53. The summed E-state index contributed by atoms with van der Waals surface area (Å²) in [7, 11) is 1.58. The van der Waals surface area contributed by atoms with Crippen molar-refractivity contribution in [3.8, 4) is 0 Å². The van der Waals surface area contributed by atoms with Crippen LogP contribution in [0.1, 0.15) is 26.3 Å². The number of para-hydroxylation sites is 1. The third-order valence-corrected chi connectivity index (χ3v) is 2.56. The van der Waals surface area contributed by atoms with Gasteiger partial charge in [0.25, 0.3) is 0 Å². The molecule has 1 aromatic rings. The van der Waals surface area contributed by atoms with Crippen molar-refractivity contribution in [3.63, 3.8) is 0 Å². The second-order valence-electron chi connectivity index (χ2n) is 5.46. The van der Waals surface area contributed by atoms with Gasteiger partial charge in [0.1, 0.15) is 6.61 Å². The lowest BCUT2D eigenvalue weighted by atomic mass is 10.1. The van der Waals surface area contributed by atoms with Crippen LogP contribution in [-0.2, 0) is 20.7 Å². The predicted molar refractivity (Wildman–Crippen MR) is 78.5 cm³/mol. The van der Waals surface area contributed by atoms with E-state index in [1.165, 1.54) is 0 Å². The van der Waals surface area contributed by atoms with Gasteiger partial charge in [0.05, 0.1) is 12.0 Å². The van der Waals surface area contributed by atoms with E-state index in [9.17, 15) is 9.59 Å². The van der Waals surface area contributed by atoms with Crippen molar-refractivity contribution in [1.29, 1.82) is 0 Å². The normalized spacial score (nSPS) is 11.0. The quantitative estimate of drug-likeness (QED) is 0.862. The Bertz CT molecular complexity index is 478. The summed E-state index contributed by atoms with van der Waals surface area (Å²) in [6.45, 7) is 5.65. The number of hydrogen-bond acceptors (Lipinski definition) is 3. The first kappa shape index (κ1) is 16.2. The van der Waals surface area contributed by atoms with Crippen LogP contribution in [0.3, 0.4) is 0 Å². The Labute approximate surface area is 119 Å². The Hall–Kier alpha value is -1.88. The lowest BCUT2D eigenvalue weighted by Crippen LogP contribution is -2.27. The van der Waals surface area contributed by atoms with E-state index in [4.69, 9.17) is 4.74 Å². The van der Waals surface area contributed by atoms with Crippen LogP contribution in [0.25, 0.3) is 0 Å². The number of ether oxygens (including phenoxy) is 1. The summed E-state index contributed by atoms with van der Waals surface area (Å²) in [6.07, 6.45) is 0.229. The maximum absolute atomic E-state index is 11.8. The summed E-state index contributed by atoms with van der Waals surface area (Å²) in [4.78, 5) is 23.3. The van der Waals surface area contributed by atoms with Gasteiger partial charge in [-0.1, -0.05) is 18.2 Å². The molecule has 2 amide bonds. The number of amides is 2. The fourth-order valence-corrected chi connectivity index (χ4v) is 1.53. The molecule has 0 spiro atoms. The monoisotopic (exact) mass is 278 g/mol. The number of likely N-dealkylation sites (N-methyl/N-ethyl adjacent to an activating group) is 1. The Morgan fingerprint density at radius 1 is 1.15 bits per heavy atom. The molecule has 0 aliphatic carbocycles. The molecule has 0 radical (unpaired) electrons. The molecule has 0 atom stereocenters. The molecule has 5 heteroatoms. The molecule has 2 N–H and O–H groups in total. The standard InChI is InChI=1S/C15H22N2O3/c1-15(2,3)20-10-14(19)17-12-8-6-5-7-11(12)9-13(18)16-4/h5-8H,9-10H2,1-4H3,(H,16,18)(H,17,19). The molecule has 1 rings (SSSR count). The largest absolute Gasteiger partial charge is 0.366 e. The van der Waals surface area contributed by atoms with E-state index in [1.807, 2.05) is 39.0 Å². The fraction of sp³-hybridized carbons (Fsp3) is 0.467. The van der Waals surface area contributed by atoms with Crippen LogP contribution in [0.4, 0.5) is 5.69 Å². The van der Waals surface area contributed by atoms with Crippen molar-refractivity contribution in [2.75, 3.05) is 19.0 Å². The van der Waals surface area contributed by atoms with Crippen molar-refractivity contribution in [2.24, 2.45) is 0 Å². The number of rotatable bonds is 5. The van der Waals surface area contributed by atoms with Gasteiger partial charge in [-0.2, -0.15) is 0 Å². The summed E-state index contributed by atoms with van der Waals surface area (Å²) in [5.41, 5.74) is 1.05. The van der Waals surface area contributed by atoms with E-state index in [2.05, 4.69) is 10.6 Å². The minimum Gasteiger partial charge on any atom is -0.366 e. The maximum atomic E-state index is 11.8. The average Bonchev–Trinajstić information content (AvgIpc) is 2.38. The summed E-state index contributed by atoms with van der Waals surface area (Å²) >= 11 is 0. The first-order chi connectivity index (χ1) is 9.31. The molecule has 0 saturated carbocycles. The molecule has 5 nitrogen and oxygen atoms in total. The minimum atomic E-state index is -0.362. The summed E-state index contributed by atoms with van der Waals surface area (Å²) in [5.74, 6) is -0.332. The first-order valence-electron chi connectivity index (χ1n) is 6.54. The summed E-state index contributed by atoms with van der Waals surface area (Å²) in [6, 6.07) is 7.23. The third-order valence-electron chi connectivity index (χ3n) is 2.56. The first-order valence-corrected chi connectivity index (χ1v) is 6.54. The van der Waals surface area contributed by atoms with Gasteiger partial charge < -0.3 is 15.4 Å². The minimum absolute atomic E-state index is 0.0161. The van der Waals surface area contributed by atoms with Gasteiger partial charge in [-0.25, -0.2) is 0 Å². The van der Waals surface area contributed by atoms with E-state index in [1.54, 1.807) is 13.1 Å². The van der Waals surface area contributed by atoms with E-state index < -0.39 is 0 Å². The zero-order valence-electron chi connectivity index (χ0n) is 12.4. The smallest absolute Gasteiger partial charge is 0.250 e. The van der Waals surface area contributed by atoms with Gasteiger partial charge in [0.2, 0.25) is 11.8 Å². The molecule has 0 saturated heterocycles. The van der Waals surface area contributed by atoms with Gasteiger partial charge >= 0.3 is 0 Å². The Balaban J connectivity index is 2.67. The van der Waals surface area contributed by atoms with E-state index in [-0.39, 0.29) is 30.4 Å². The Kier molecular flexibility index (Phi) is 5.70. The molecule has 0 fully saturated rings. The van der Waals surface area contributed by atoms with Crippen LogP contribution in [0.15, 0.2) is 24.3 Å². The highest BCUT2D eigenvalue weighted by Crippen LogP contribution is 2.16. The molecule has 0 bridgehead atoms. The topological polar surface area (TPSA) is 67.4 Å². The van der Waals surface area contributed by atoms with Crippen LogP contribution >= 0.6 is 0 Å². The molecule has 0 heterocycles. The molecule has 0 aliphatic heterocycles. The van der Waals surface area contributed by atoms with Crippen LogP contribution in [0.5, 0.6) is 0 Å².